The zero-order chi connectivity index (χ0) is 11.3. The minimum atomic E-state index is -0.563. The number of ether oxygens (including phenoxy) is 1. The lowest BCUT2D eigenvalue weighted by atomic mass is 10.3. The first-order valence-electron chi connectivity index (χ1n) is 4.87. The van der Waals surface area contributed by atoms with Crippen molar-refractivity contribution in [2.75, 3.05) is 6.54 Å². The molecule has 1 rings (SSSR count). The molecule has 0 radical (unpaired) electrons. The van der Waals surface area contributed by atoms with Gasteiger partial charge in [0.25, 0.3) is 5.91 Å². The second kappa shape index (κ2) is 5.24. The minimum Gasteiger partial charge on any atom is -0.508 e. The molecule has 0 heterocycles. The van der Waals surface area contributed by atoms with Gasteiger partial charge >= 0.3 is 0 Å². The molecule has 1 aromatic carbocycles. The number of amides is 1. The number of hydrogen-bond acceptors (Lipinski definition) is 3. The van der Waals surface area contributed by atoms with E-state index in [2.05, 4.69) is 5.32 Å². The van der Waals surface area contributed by atoms with Crippen molar-refractivity contribution in [2.45, 2.75) is 20.0 Å². The Balaban J connectivity index is 2.58. The van der Waals surface area contributed by atoms with Crippen LogP contribution in [0.3, 0.4) is 0 Å². The van der Waals surface area contributed by atoms with Crippen LogP contribution in [0.5, 0.6) is 11.5 Å². The number of likely N-dealkylation sites (N-methyl/N-ethyl adjacent to an activating group) is 1. The van der Waals surface area contributed by atoms with Crippen molar-refractivity contribution >= 4 is 5.91 Å². The summed E-state index contributed by atoms with van der Waals surface area (Å²) in [4.78, 5) is 11.3. The lowest BCUT2D eigenvalue weighted by Crippen LogP contribution is -2.36. The molecule has 1 aromatic rings. The lowest BCUT2D eigenvalue weighted by molar-refractivity contribution is -0.127. The first-order chi connectivity index (χ1) is 7.13. The molecule has 82 valence electrons. The molecule has 0 aliphatic carbocycles. The number of carbonyl (C=O) groups is 1. The number of aromatic hydroxyl groups is 1. The van der Waals surface area contributed by atoms with Crippen LogP contribution in [0.2, 0.25) is 0 Å². The van der Waals surface area contributed by atoms with Crippen molar-refractivity contribution in [3.05, 3.63) is 24.3 Å². The zero-order valence-electron chi connectivity index (χ0n) is 8.86. The molecule has 0 saturated carbocycles. The predicted octanol–water partition coefficient (Wildman–Crippen LogP) is 1.30. The Morgan fingerprint density at radius 2 is 2.33 bits per heavy atom. The smallest absolute Gasteiger partial charge is 0.260 e. The van der Waals surface area contributed by atoms with E-state index < -0.39 is 6.10 Å². The highest BCUT2D eigenvalue weighted by molar-refractivity contribution is 5.80. The van der Waals surface area contributed by atoms with Crippen molar-refractivity contribution in [3.8, 4) is 11.5 Å². The van der Waals surface area contributed by atoms with Crippen molar-refractivity contribution < 1.29 is 14.6 Å². The molecule has 0 saturated heterocycles. The highest BCUT2D eigenvalue weighted by Gasteiger charge is 2.13. The third kappa shape index (κ3) is 3.50. The van der Waals surface area contributed by atoms with Crippen LogP contribution in [-0.2, 0) is 4.79 Å². The molecular weight excluding hydrogens is 194 g/mol. The topological polar surface area (TPSA) is 58.6 Å². The van der Waals surface area contributed by atoms with E-state index in [9.17, 15) is 9.90 Å². The summed E-state index contributed by atoms with van der Waals surface area (Å²) in [5, 5.41) is 11.8. The summed E-state index contributed by atoms with van der Waals surface area (Å²) in [5.41, 5.74) is 0. The van der Waals surface area contributed by atoms with E-state index in [1.54, 1.807) is 25.1 Å². The highest BCUT2D eigenvalue weighted by Crippen LogP contribution is 2.18. The summed E-state index contributed by atoms with van der Waals surface area (Å²) in [5.74, 6) is 0.435. The third-order valence-corrected chi connectivity index (χ3v) is 1.85. The minimum absolute atomic E-state index is 0.121. The molecule has 15 heavy (non-hydrogen) atoms. The van der Waals surface area contributed by atoms with Gasteiger partial charge in [-0.25, -0.2) is 0 Å². The molecule has 1 unspecified atom stereocenters. The maximum absolute atomic E-state index is 11.3. The van der Waals surface area contributed by atoms with Crippen molar-refractivity contribution in [1.82, 2.24) is 5.32 Å². The molecular formula is C11H15NO3. The fraction of sp³-hybridized carbons (Fsp3) is 0.364. The normalized spacial score (nSPS) is 11.9. The molecule has 1 atom stereocenters. The Bertz CT molecular complexity index is 338. The van der Waals surface area contributed by atoms with Crippen LogP contribution in [0, 0.1) is 0 Å². The highest BCUT2D eigenvalue weighted by atomic mass is 16.5. The number of nitrogens with one attached hydrogen (secondary N) is 1. The van der Waals surface area contributed by atoms with Crippen LogP contribution in [-0.4, -0.2) is 23.7 Å². The van der Waals surface area contributed by atoms with Gasteiger partial charge in [-0.1, -0.05) is 6.07 Å². The van der Waals surface area contributed by atoms with E-state index in [0.717, 1.165) is 0 Å². The third-order valence-electron chi connectivity index (χ3n) is 1.85. The summed E-state index contributed by atoms with van der Waals surface area (Å²) in [6.07, 6.45) is -0.563. The number of benzene rings is 1. The Labute approximate surface area is 88.9 Å². The second-order valence-corrected chi connectivity index (χ2v) is 3.15. The molecule has 2 N–H and O–H groups in total. The van der Waals surface area contributed by atoms with Gasteiger partial charge in [-0.2, -0.15) is 0 Å². The molecule has 0 spiro atoms. The van der Waals surface area contributed by atoms with Crippen molar-refractivity contribution in [1.29, 1.82) is 0 Å². The Morgan fingerprint density at radius 1 is 1.60 bits per heavy atom. The van der Waals surface area contributed by atoms with Crippen molar-refractivity contribution in [2.24, 2.45) is 0 Å². The number of phenolic OH excluding ortho intramolecular Hbond substituents is 1. The number of hydrogen-bond donors (Lipinski definition) is 2. The van der Waals surface area contributed by atoms with E-state index in [0.29, 0.717) is 12.3 Å². The summed E-state index contributed by atoms with van der Waals surface area (Å²) in [6.45, 7) is 4.08. The SMILES string of the molecule is CCNC(=O)C(C)Oc1cccc(O)c1. The van der Waals surface area contributed by atoms with Gasteiger partial charge in [0.1, 0.15) is 11.5 Å². The van der Waals surface area contributed by atoms with Gasteiger partial charge in [0.2, 0.25) is 0 Å². The standard InChI is InChI=1S/C11H15NO3/c1-3-12-11(14)8(2)15-10-6-4-5-9(13)7-10/h4-8,13H,3H2,1-2H3,(H,12,14). The fourth-order valence-corrected chi connectivity index (χ4v) is 1.13. The summed E-state index contributed by atoms with van der Waals surface area (Å²) >= 11 is 0. The van der Waals surface area contributed by atoms with Gasteiger partial charge < -0.3 is 15.2 Å². The lowest BCUT2D eigenvalue weighted by Gasteiger charge is -2.13. The average Bonchev–Trinajstić information content (AvgIpc) is 2.18. The van der Waals surface area contributed by atoms with Crippen LogP contribution in [0.4, 0.5) is 0 Å². The number of rotatable bonds is 4. The van der Waals surface area contributed by atoms with Crippen molar-refractivity contribution in [3.63, 3.8) is 0 Å². The molecule has 0 aliphatic rings. The van der Waals surface area contributed by atoms with E-state index >= 15 is 0 Å². The van der Waals surface area contributed by atoms with E-state index in [1.807, 2.05) is 6.92 Å². The molecule has 4 heteroatoms. The van der Waals surface area contributed by atoms with Gasteiger partial charge in [-0.05, 0) is 26.0 Å². The summed E-state index contributed by atoms with van der Waals surface area (Å²) in [7, 11) is 0. The summed E-state index contributed by atoms with van der Waals surface area (Å²) < 4.78 is 5.34. The van der Waals surface area contributed by atoms with Crippen LogP contribution < -0.4 is 10.1 Å². The molecule has 0 aromatic heterocycles. The second-order valence-electron chi connectivity index (χ2n) is 3.15. The van der Waals surface area contributed by atoms with Gasteiger partial charge in [0.05, 0.1) is 0 Å². The molecule has 0 aliphatic heterocycles. The number of carbonyl (C=O) groups excluding carboxylic acids is 1. The van der Waals surface area contributed by atoms with Gasteiger partial charge in [-0.15, -0.1) is 0 Å². The maximum atomic E-state index is 11.3. The maximum Gasteiger partial charge on any atom is 0.260 e. The molecule has 0 fully saturated rings. The van der Waals surface area contributed by atoms with E-state index in [1.165, 1.54) is 6.07 Å². The first-order valence-corrected chi connectivity index (χ1v) is 4.87. The first kappa shape index (κ1) is 11.4. The van der Waals surface area contributed by atoms with E-state index in [4.69, 9.17) is 4.74 Å². The van der Waals surface area contributed by atoms with E-state index in [-0.39, 0.29) is 11.7 Å². The Morgan fingerprint density at radius 3 is 2.93 bits per heavy atom. The zero-order valence-corrected chi connectivity index (χ0v) is 8.86. The quantitative estimate of drug-likeness (QED) is 0.785. The average molecular weight is 209 g/mol. The Hall–Kier alpha value is -1.71. The van der Waals surface area contributed by atoms with Crippen LogP contribution >= 0.6 is 0 Å². The van der Waals surface area contributed by atoms with Gasteiger partial charge in [0.15, 0.2) is 6.10 Å². The largest absolute Gasteiger partial charge is 0.508 e. The van der Waals surface area contributed by atoms with Gasteiger partial charge in [-0.3, -0.25) is 4.79 Å². The fourth-order valence-electron chi connectivity index (χ4n) is 1.13. The van der Waals surface area contributed by atoms with Crippen LogP contribution in [0.1, 0.15) is 13.8 Å². The predicted molar refractivity (Wildman–Crippen MR) is 56.9 cm³/mol. The molecule has 1 amide bonds. The number of phenols is 1. The summed E-state index contributed by atoms with van der Waals surface area (Å²) in [6, 6.07) is 6.37. The molecule has 4 nitrogen and oxygen atoms in total. The van der Waals surface area contributed by atoms with Gasteiger partial charge in [0, 0.05) is 12.6 Å². The van der Waals surface area contributed by atoms with Crippen LogP contribution in [0.15, 0.2) is 24.3 Å². The van der Waals surface area contributed by atoms with Crippen LogP contribution in [0.25, 0.3) is 0 Å². The monoisotopic (exact) mass is 209 g/mol. The Kier molecular flexibility index (Phi) is 3.97. The molecule has 0 bridgehead atoms.